The largest absolute Gasteiger partial charge is 0.417 e. The summed E-state index contributed by atoms with van der Waals surface area (Å²) in [5.74, 6) is -1.73. The number of hydrogen-bond acceptors (Lipinski definition) is 20. The SMILES string of the molecule is Cc1cccc(Nc2ncc(F)c(Nc3ccc4oc(=O)[nH]c4c3)n2)c1.Cc1cccc(Nc2ncc(F)c(Nc3ccc4oc(=O)[nH]c4c3)n2)n1.Cc1ccnc(Nc2ncc(F)c(Nc3ccc4oc(=O)[nH]c4c3)n2)c1. The summed E-state index contributed by atoms with van der Waals surface area (Å²) in [5, 5.41) is 17.5. The van der Waals surface area contributed by atoms with Crippen molar-refractivity contribution in [2.75, 3.05) is 31.9 Å². The summed E-state index contributed by atoms with van der Waals surface area (Å²) in [4.78, 5) is 74.0. The third kappa shape index (κ3) is 12.6. The maximum absolute atomic E-state index is 14.1. The predicted molar refractivity (Wildman–Crippen MR) is 285 cm³/mol. The molecule has 8 aromatic heterocycles. The lowest BCUT2D eigenvalue weighted by Crippen LogP contribution is -2.04. The average molecular weight is 1060 g/mol. The molecule has 0 bridgehead atoms. The number of anilines is 12. The first kappa shape index (κ1) is 50.4. The summed E-state index contributed by atoms with van der Waals surface area (Å²) >= 11 is 0. The van der Waals surface area contributed by atoms with Gasteiger partial charge in [0.25, 0.3) is 0 Å². The van der Waals surface area contributed by atoms with Gasteiger partial charge >= 0.3 is 17.3 Å². The van der Waals surface area contributed by atoms with Crippen LogP contribution in [0.2, 0.25) is 0 Å². The molecule has 0 fully saturated rings. The first-order chi connectivity index (χ1) is 37.7. The number of rotatable bonds is 12. The van der Waals surface area contributed by atoms with Crippen molar-refractivity contribution in [3.63, 3.8) is 0 Å². The number of nitrogens with zero attached hydrogens (tertiary/aromatic N) is 8. The van der Waals surface area contributed by atoms with Crippen LogP contribution in [0.25, 0.3) is 33.3 Å². The number of halogens is 3. The molecule has 26 heteroatoms. The molecule has 0 atom stereocenters. The second-order valence-corrected chi connectivity index (χ2v) is 16.8. The molecular formula is C52H40F3N17O6. The Balaban J connectivity index is 0.000000132. The van der Waals surface area contributed by atoms with Crippen molar-refractivity contribution in [1.82, 2.24) is 54.8 Å². The second-order valence-electron chi connectivity index (χ2n) is 16.8. The number of aryl methyl sites for hydroxylation is 3. The smallest absolute Gasteiger partial charge is 0.408 e. The Kier molecular flexibility index (Phi) is 14.3. The van der Waals surface area contributed by atoms with E-state index >= 15 is 0 Å². The van der Waals surface area contributed by atoms with Crippen LogP contribution in [-0.4, -0.2) is 54.8 Å². The van der Waals surface area contributed by atoms with E-state index in [1.54, 1.807) is 66.9 Å². The van der Waals surface area contributed by atoms with E-state index in [0.29, 0.717) is 62.0 Å². The molecule has 0 aliphatic rings. The number of aromatic amines is 3. The minimum atomic E-state index is -0.617. The number of aromatic nitrogens is 11. The minimum Gasteiger partial charge on any atom is -0.408 e. The number of hydrogen-bond donors (Lipinski definition) is 9. The second kappa shape index (κ2) is 22.1. The Hall–Kier alpha value is -11.2. The van der Waals surface area contributed by atoms with Crippen molar-refractivity contribution in [2.45, 2.75) is 20.8 Å². The van der Waals surface area contributed by atoms with Crippen LogP contribution < -0.4 is 49.2 Å². The summed E-state index contributed by atoms with van der Waals surface area (Å²) in [6.45, 7) is 5.77. The molecule has 0 amide bonds. The number of benzene rings is 4. The summed E-state index contributed by atoms with van der Waals surface area (Å²) in [5.41, 5.74) is 8.10. The molecule has 4 aromatic carbocycles. The van der Waals surface area contributed by atoms with Crippen LogP contribution in [0.5, 0.6) is 0 Å². The van der Waals surface area contributed by atoms with Gasteiger partial charge in [-0.15, -0.1) is 0 Å². The molecule has 12 aromatic rings. The number of oxazole rings is 3. The van der Waals surface area contributed by atoms with E-state index < -0.39 is 34.7 Å². The number of pyridine rings is 2. The maximum atomic E-state index is 14.1. The van der Waals surface area contributed by atoms with E-state index in [1.165, 1.54) is 0 Å². The Labute approximate surface area is 435 Å². The molecule has 0 saturated carbocycles. The van der Waals surface area contributed by atoms with Crippen LogP contribution in [0.1, 0.15) is 16.8 Å². The van der Waals surface area contributed by atoms with Crippen molar-refractivity contribution in [3.8, 4) is 0 Å². The first-order valence-corrected chi connectivity index (χ1v) is 23.2. The van der Waals surface area contributed by atoms with Gasteiger partial charge in [0.05, 0.1) is 35.1 Å². The van der Waals surface area contributed by atoms with Gasteiger partial charge in [-0.2, -0.15) is 15.0 Å². The first-order valence-electron chi connectivity index (χ1n) is 23.2. The lowest BCUT2D eigenvalue weighted by Gasteiger charge is -2.10. The summed E-state index contributed by atoms with van der Waals surface area (Å²) in [6, 6.07) is 31.5. The summed E-state index contributed by atoms with van der Waals surface area (Å²) in [7, 11) is 0. The zero-order valence-corrected chi connectivity index (χ0v) is 40.9. The molecule has 78 heavy (non-hydrogen) atoms. The van der Waals surface area contributed by atoms with Crippen molar-refractivity contribution < 1.29 is 26.4 Å². The van der Waals surface area contributed by atoms with E-state index in [1.807, 2.05) is 69.3 Å². The monoisotopic (exact) mass is 1060 g/mol. The van der Waals surface area contributed by atoms with Crippen LogP contribution in [0, 0.1) is 38.2 Å². The van der Waals surface area contributed by atoms with Crippen molar-refractivity contribution in [3.05, 3.63) is 200 Å². The molecule has 0 spiro atoms. The highest BCUT2D eigenvalue weighted by atomic mass is 19.1. The molecule has 0 aliphatic heterocycles. The number of fused-ring (bicyclic) bond motifs is 3. The van der Waals surface area contributed by atoms with Gasteiger partial charge in [-0.25, -0.2) is 52.5 Å². The van der Waals surface area contributed by atoms with Gasteiger partial charge in [-0.05, 0) is 123 Å². The lowest BCUT2D eigenvalue weighted by molar-refractivity contribution is 0.555. The molecular weight excluding hydrogens is 1020 g/mol. The molecule has 0 radical (unpaired) electrons. The van der Waals surface area contributed by atoms with Crippen molar-refractivity contribution in [1.29, 1.82) is 0 Å². The van der Waals surface area contributed by atoms with E-state index in [-0.39, 0.29) is 35.3 Å². The van der Waals surface area contributed by atoms with Gasteiger partial charge in [0.15, 0.2) is 51.7 Å². The highest BCUT2D eigenvalue weighted by molar-refractivity contribution is 5.80. The van der Waals surface area contributed by atoms with E-state index in [9.17, 15) is 27.6 Å². The van der Waals surface area contributed by atoms with Crippen LogP contribution in [-0.2, 0) is 0 Å². The fourth-order valence-corrected chi connectivity index (χ4v) is 7.34. The van der Waals surface area contributed by atoms with Gasteiger partial charge < -0.3 is 45.2 Å². The van der Waals surface area contributed by atoms with Crippen LogP contribution in [0.4, 0.5) is 82.9 Å². The molecule has 12 rings (SSSR count). The third-order valence-electron chi connectivity index (χ3n) is 10.8. The minimum absolute atomic E-state index is 0.0136. The molecule has 0 aliphatic carbocycles. The Bertz CT molecular complexity index is 3890. The molecule has 23 nitrogen and oxygen atoms in total. The van der Waals surface area contributed by atoms with Gasteiger partial charge in [0, 0.05) is 34.6 Å². The lowest BCUT2D eigenvalue weighted by atomic mass is 10.2. The maximum Gasteiger partial charge on any atom is 0.417 e. The van der Waals surface area contributed by atoms with Crippen LogP contribution in [0.15, 0.2) is 162 Å². The number of H-pyrrole nitrogens is 3. The summed E-state index contributed by atoms with van der Waals surface area (Å²) < 4.78 is 57.0. The quantitative estimate of drug-likeness (QED) is 0.0549. The Morgan fingerprint density at radius 2 is 0.833 bits per heavy atom. The van der Waals surface area contributed by atoms with Gasteiger partial charge in [0.2, 0.25) is 17.8 Å². The van der Waals surface area contributed by atoms with Crippen LogP contribution >= 0.6 is 0 Å². The molecule has 8 heterocycles. The normalized spacial score (nSPS) is 10.8. The fraction of sp³-hybridized carbons (Fsp3) is 0.0577. The standard InChI is InChI=1S/C18H14FN5O2.2C17H13FN6O2/c1-10-3-2-4-11(7-10)22-17-20-9-13(19)16(24-17)21-12-5-6-15-14(8-12)23-18(25)26-15;1-9-4-5-19-14(6-9)23-16-20-8-11(18)15(24-16)21-10-2-3-13-12(7-10)22-17(25)26-13;1-9-3-2-4-14(20-9)23-16-19-8-11(18)15(24-16)21-10-5-6-13-12(7-10)22-17(25)26-13/h2-9H,1H3,(H,23,25)(H2,20,21,22,24);2*2-8H,1H3,(H,22,25)(H2,19,20,21,23,24). The molecule has 0 saturated heterocycles. The number of nitrogens with one attached hydrogen (secondary N) is 9. The summed E-state index contributed by atoms with van der Waals surface area (Å²) in [6.07, 6.45) is 4.87. The van der Waals surface area contributed by atoms with Crippen molar-refractivity contribution in [2.24, 2.45) is 0 Å². The molecule has 9 N–H and O–H groups in total. The highest BCUT2D eigenvalue weighted by Gasteiger charge is 2.14. The Morgan fingerprint density at radius 3 is 1.28 bits per heavy atom. The van der Waals surface area contributed by atoms with Gasteiger partial charge in [-0.1, -0.05) is 18.2 Å². The van der Waals surface area contributed by atoms with Gasteiger partial charge in [0.1, 0.15) is 11.6 Å². The van der Waals surface area contributed by atoms with E-state index in [2.05, 4.69) is 86.7 Å². The predicted octanol–water partition coefficient (Wildman–Crippen LogP) is 10.3. The van der Waals surface area contributed by atoms with E-state index in [4.69, 9.17) is 13.3 Å². The van der Waals surface area contributed by atoms with E-state index in [0.717, 1.165) is 41.1 Å². The van der Waals surface area contributed by atoms with Crippen LogP contribution in [0.3, 0.4) is 0 Å². The highest BCUT2D eigenvalue weighted by Crippen LogP contribution is 2.26. The Morgan fingerprint density at radius 1 is 0.410 bits per heavy atom. The zero-order chi connectivity index (χ0) is 54.3. The molecule has 390 valence electrons. The third-order valence-corrected chi connectivity index (χ3v) is 10.8. The van der Waals surface area contributed by atoms with Crippen molar-refractivity contribution >= 4 is 103 Å². The topological polar surface area (TPSA) is 313 Å². The fourth-order valence-electron chi connectivity index (χ4n) is 7.34. The average Bonchev–Trinajstić information content (AvgIpc) is 4.12. The molecule has 0 unspecified atom stereocenters. The van der Waals surface area contributed by atoms with Gasteiger partial charge in [-0.3, -0.25) is 15.0 Å². The zero-order valence-electron chi connectivity index (χ0n) is 40.9.